The molecule has 10 rings (SSSR count). The summed E-state index contributed by atoms with van der Waals surface area (Å²) in [5.74, 6) is -1.72. The SMILES string of the molecule is O=C1[C@@H]2[C@@H](C(=O)N1c1ccc([N+](=O)[O-])cc1)[C@@]1(c3ccccc3)C(=O)[C@@]2(c2ccccc2)C(c2ccc3c(c2)OCO3)=C1c1ccc2c(c1)OCO2. The molecule has 2 aliphatic carbocycles. The van der Waals surface area contributed by atoms with Crippen molar-refractivity contribution in [2.24, 2.45) is 11.8 Å². The van der Waals surface area contributed by atoms with E-state index < -0.39 is 39.4 Å². The summed E-state index contributed by atoms with van der Waals surface area (Å²) in [5.41, 5.74) is 0.173. The minimum Gasteiger partial charge on any atom is -0.454 e. The van der Waals surface area contributed by atoms with Crippen molar-refractivity contribution in [3.05, 3.63) is 154 Å². The van der Waals surface area contributed by atoms with Crippen LogP contribution in [0.1, 0.15) is 22.3 Å². The maximum atomic E-state index is 16.2. The predicted molar refractivity (Wildman–Crippen MR) is 186 cm³/mol. The van der Waals surface area contributed by atoms with E-state index in [1.165, 1.54) is 24.3 Å². The number of carbonyl (C=O) groups is 3. The average Bonchev–Trinajstić information content (AvgIpc) is 3.98. The fourth-order valence-corrected chi connectivity index (χ4v) is 9.21. The van der Waals surface area contributed by atoms with Crippen LogP contribution in [0.25, 0.3) is 11.1 Å². The highest BCUT2D eigenvalue weighted by atomic mass is 16.7. The lowest BCUT2D eigenvalue weighted by atomic mass is 9.59. The fraction of sp³-hybridized carbons (Fsp3) is 0.146. The van der Waals surface area contributed by atoms with Gasteiger partial charge in [-0.1, -0.05) is 72.8 Å². The summed E-state index contributed by atoms with van der Waals surface area (Å²) in [7, 11) is 0. The second kappa shape index (κ2) is 10.6. The maximum absolute atomic E-state index is 16.2. The lowest BCUT2D eigenvalue weighted by molar-refractivity contribution is -0.384. The molecular formula is C41H26N2O9. The number of ether oxygens (including phenoxy) is 4. The second-order valence-electron chi connectivity index (χ2n) is 13.3. The van der Waals surface area contributed by atoms with Crippen LogP contribution < -0.4 is 23.8 Å². The standard InChI is InChI=1S/C41H26N2O9/c44-37-35-36(38(45)42(37)27-13-15-28(16-14-27)43(47)48)41(26-9-5-2-6-10-26)34(24-12-18-30-32(20-24)52-22-50-30)33(23-11-17-29-31(19-23)51-21-49-29)40(35,39(41)46)25-7-3-1-4-8-25/h1-20,35-36H,21-22H2/t35-,36-,40-,41-/m0/s1. The Morgan fingerprint density at radius 1 is 0.577 bits per heavy atom. The van der Waals surface area contributed by atoms with Crippen LogP contribution >= 0.6 is 0 Å². The molecule has 52 heavy (non-hydrogen) atoms. The number of ketones is 1. The number of Topliss-reactive ketones (excluding diaryl/α,β-unsaturated/α-hetero) is 1. The number of rotatable bonds is 6. The number of hydrogen-bond donors (Lipinski definition) is 0. The molecule has 3 heterocycles. The van der Waals surface area contributed by atoms with Gasteiger partial charge in [0.2, 0.25) is 25.4 Å². The summed E-state index contributed by atoms with van der Waals surface area (Å²) in [4.78, 5) is 58.6. The van der Waals surface area contributed by atoms with Crippen molar-refractivity contribution in [1.29, 1.82) is 0 Å². The van der Waals surface area contributed by atoms with E-state index in [9.17, 15) is 10.1 Å². The van der Waals surface area contributed by atoms with Crippen molar-refractivity contribution >= 4 is 40.1 Å². The van der Waals surface area contributed by atoms with Crippen LogP contribution in [0, 0.1) is 22.0 Å². The zero-order valence-electron chi connectivity index (χ0n) is 27.2. The molecule has 11 nitrogen and oxygen atoms in total. The zero-order chi connectivity index (χ0) is 35.4. The summed E-state index contributed by atoms with van der Waals surface area (Å²) in [5, 5.41) is 11.5. The molecule has 0 N–H and O–H groups in total. The number of allylic oxidation sites excluding steroid dienone is 2. The van der Waals surface area contributed by atoms with Gasteiger partial charge in [0.05, 0.1) is 33.3 Å². The summed E-state index contributed by atoms with van der Waals surface area (Å²) in [6, 6.07) is 34.5. The van der Waals surface area contributed by atoms with Crippen LogP contribution in [0.2, 0.25) is 0 Å². The van der Waals surface area contributed by atoms with Gasteiger partial charge in [0.25, 0.3) is 5.69 Å². The minimum absolute atomic E-state index is 0.0332. The highest BCUT2D eigenvalue weighted by Crippen LogP contribution is 2.74. The predicted octanol–water partition coefficient (Wildman–Crippen LogP) is 6.24. The van der Waals surface area contributed by atoms with Crippen LogP contribution in [-0.4, -0.2) is 36.1 Å². The third kappa shape index (κ3) is 3.66. The number of non-ortho nitro benzene ring substituents is 1. The summed E-state index contributed by atoms with van der Waals surface area (Å²) < 4.78 is 23.0. The van der Waals surface area contributed by atoms with Crippen LogP contribution in [0.5, 0.6) is 23.0 Å². The topological polar surface area (TPSA) is 135 Å². The molecule has 1 saturated heterocycles. The average molecular weight is 691 g/mol. The first kappa shape index (κ1) is 30.1. The molecular weight excluding hydrogens is 664 g/mol. The van der Waals surface area contributed by atoms with E-state index in [-0.39, 0.29) is 30.7 Å². The molecule has 5 aliphatic rings. The normalized spacial score (nSPS) is 24.9. The van der Waals surface area contributed by atoms with Gasteiger partial charge >= 0.3 is 0 Å². The third-order valence-corrected chi connectivity index (χ3v) is 11.1. The van der Waals surface area contributed by atoms with Gasteiger partial charge in [-0.25, -0.2) is 4.90 Å². The van der Waals surface area contributed by atoms with Gasteiger partial charge in [-0.15, -0.1) is 0 Å². The molecule has 2 bridgehead atoms. The van der Waals surface area contributed by atoms with E-state index >= 15 is 14.4 Å². The highest BCUT2D eigenvalue weighted by Gasteiger charge is 2.82. The Bertz CT molecular complexity index is 2290. The zero-order valence-corrected chi connectivity index (χ0v) is 27.2. The molecule has 0 unspecified atom stereocenters. The van der Waals surface area contributed by atoms with E-state index in [4.69, 9.17) is 18.9 Å². The van der Waals surface area contributed by atoms with Crippen molar-refractivity contribution < 1.29 is 38.3 Å². The monoisotopic (exact) mass is 690 g/mol. The number of nitro benzene ring substituents is 1. The Kier molecular flexibility index (Phi) is 6.15. The minimum atomic E-state index is -1.66. The molecule has 5 aromatic rings. The van der Waals surface area contributed by atoms with Crippen LogP contribution in [0.3, 0.4) is 0 Å². The molecule has 2 amide bonds. The lowest BCUT2D eigenvalue weighted by Crippen LogP contribution is -2.45. The molecule has 5 aromatic carbocycles. The number of nitro groups is 1. The fourth-order valence-electron chi connectivity index (χ4n) is 9.21. The number of amides is 2. The van der Waals surface area contributed by atoms with E-state index in [1.54, 1.807) is 12.1 Å². The Morgan fingerprint density at radius 2 is 1.02 bits per heavy atom. The number of benzene rings is 5. The second-order valence-corrected chi connectivity index (χ2v) is 13.3. The van der Waals surface area contributed by atoms with E-state index in [2.05, 4.69) is 0 Å². The smallest absolute Gasteiger partial charge is 0.269 e. The first-order chi connectivity index (χ1) is 25.4. The first-order valence-corrected chi connectivity index (χ1v) is 16.7. The van der Waals surface area contributed by atoms with Crippen molar-refractivity contribution in [2.45, 2.75) is 10.8 Å². The van der Waals surface area contributed by atoms with Crippen molar-refractivity contribution in [3.8, 4) is 23.0 Å². The largest absolute Gasteiger partial charge is 0.454 e. The first-order valence-electron chi connectivity index (χ1n) is 16.7. The van der Waals surface area contributed by atoms with E-state index in [0.717, 1.165) is 4.90 Å². The van der Waals surface area contributed by atoms with Gasteiger partial charge in [0, 0.05) is 12.1 Å². The third-order valence-electron chi connectivity index (χ3n) is 11.1. The summed E-state index contributed by atoms with van der Waals surface area (Å²) in [6.07, 6.45) is 0. The van der Waals surface area contributed by atoms with E-state index in [1.807, 2.05) is 84.9 Å². The molecule has 0 spiro atoms. The molecule has 1 saturated carbocycles. The van der Waals surface area contributed by atoms with Gasteiger partial charge in [-0.3, -0.25) is 24.5 Å². The summed E-state index contributed by atoms with van der Waals surface area (Å²) in [6.45, 7) is 0.0664. The van der Waals surface area contributed by atoms with Gasteiger partial charge in [-0.2, -0.15) is 0 Å². The Labute approximate surface area is 295 Å². The number of nitrogens with zero attached hydrogens (tertiary/aromatic N) is 2. The molecule has 0 radical (unpaired) electrons. The number of anilines is 1. The maximum Gasteiger partial charge on any atom is 0.269 e. The highest BCUT2D eigenvalue weighted by molar-refractivity contribution is 6.39. The molecule has 254 valence electrons. The van der Waals surface area contributed by atoms with Gasteiger partial charge in [0.15, 0.2) is 28.8 Å². The number of fused-ring (bicyclic) bond motifs is 7. The number of carbonyl (C=O) groups excluding carboxylic acids is 3. The van der Waals surface area contributed by atoms with Crippen molar-refractivity contribution in [1.82, 2.24) is 0 Å². The number of hydrogen-bond acceptors (Lipinski definition) is 9. The molecule has 0 aromatic heterocycles. The number of imide groups is 1. The van der Waals surface area contributed by atoms with Crippen LogP contribution in [-0.2, 0) is 25.2 Å². The van der Waals surface area contributed by atoms with Crippen molar-refractivity contribution in [2.75, 3.05) is 18.5 Å². The molecule has 11 heteroatoms. The van der Waals surface area contributed by atoms with Crippen molar-refractivity contribution in [3.63, 3.8) is 0 Å². The molecule has 3 aliphatic heterocycles. The van der Waals surface area contributed by atoms with Gasteiger partial charge in [-0.05, 0) is 69.8 Å². The lowest BCUT2D eigenvalue weighted by Gasteiger charge is -2.39. The Balaban J connectivity index is 1.34. The van der Waals surface area contributed by atoms with Gasteiger partial charge in [0.1, 0.15) is 0 Å². The Hall–Kier alpha value is -6.75. The van der Waals surface area contributed by atoms with E-state index in [0.29, 0.717) is 56.4 Å². The Morgan fingerprint density at radius 3 is 1.46 bits per heavy atom. The molecule has 2 fully saturated rings. The quantitative estimate of drug-likeness (QED) is 0.115. The summed E-state index contributed by atoms with van der Waals surface area (Å²) >= 11 is 0. The van der Waals surface area contributed by atoms with Gasteiger partial charge < -0.3 is 18.9 Å². The van der Waals surface area contributed by atoms with Crippen LogP contribution in [0.15, 0.2) is 121 Å². The van der Waals surface area contributed by atoms with Crippen LogP contribution in [0.4, 0.5) is 11.4 Å². The molecule has 4 atom stereocenters.